The number of nitrogens with zero attached hydrogens (tertiary/aromatic N) is 2. The highest BCUT2D eigenvalue weighted by Gasteiger charge is 2.19. The summed E-state index contributed by atoms with van der Waals surface area (Å²) in [5, 5.41) is 0. The fourth-order valence-corrected chi connectivity index (χ4v) is 3.05. The molecule has 0 aliphatic rings. The van der Waals surface area contributed by atoms with Crippen LogP contribution in [0, 0.1) is 24.4 Å². The zero-order chi connectivity index (χ0) is 20.8. The van der Waals surface area contributed by atoms with Crippen LogP contribution in [-0.4, -0.2) is 9.97 Å². The smallest absolute Gasteiger partial charge is 0.201 e. The minimum atomic E-state index is -1.15. The molecule has 0 atom stereocenters. The van der Waals surface area contributed by atoms with E-state index in [-0.39, 0.29) is 23.5 Å². The molecule has 0 saturated carbocycles. The van der Waals surface area contributed by atoms with Crippen LogP contribution in [0.15, 0.2) is 42.6 Å². The van der Waals surface area contributed by atoms with Crippen molar-refractivity contribution in [2.75, 3.05) is 0 Å². The second-order valence-electron chi connectivity index (χ2n) is 6.93. The van der Waals surface area contributed by atoms with Gasteiger partial charge in [-0.1, -0.05) is 31.4 Å². The summed E-state index contributed by atoms with van der Waals surface area (Å²) in [6.07, 6.45) is 5.53. The van der Waals surface area contributed by atoms with E-state index in [0.717, 1.165) is 37.3 Å². The van der Waals surface area contributed by atoms with Crippen molar-refractivity contribution in [3.8, 4) is 16.9 Å². The Morgan fingerprint density at radius 3 is 2.52 bits per heavy atom. The van der Waals surface area contributed by atoms with Gasteiger partial charge in [-0.15, -0.1) is 0 Å². The van der Waals surface area contributed by atoms with E-state index in [1.165, 1.54) is 12.1 Å². The van der Waals surface area contributed by atoms with Crippen molar-refractivity contribution in [1.82, 2.24) is 9.97 Å². The van der Waals surface area contributed by atoms with Gasteiger partial charge in [0.15, 0.2) is 11.6 Å². The lowest BCUT2D eigenvalue weighted by atomic mass is 10.0. The summed E-state index contributed by atoms with van der Waals surface area (Å²) in [5.74, 6) is -2.39. The number of hydrogen-bond acceptors (Lipinski definition) is 3. The molecule has 1 aromatic heterocycles. The van der Waals surface area contributed by atoms with Gasteiger partial charge in [-0.25, -0.2) is 18.7 Å². The Kier molecular flexibility index (Phi) is 6.86. The van der Waals surface area contributed by atoms with E-state index in [0.29, 0.717) is 11.5 Å². The Labute approximate surface area is 168 Å². The number of benzene rings is 2. The van der Waals surface area contributed by atoms with Gasteiger partial charge in [-0.2, -0.15) is 4.39 Å². The van der Waals surface area contributed by atoms with E-state index in [1.54, 1.807) is 31.3 Å². The zero-order valence-corrected chi connectivity index (χ0v) is 16.5. The number of halogens is 3. The molecule has 0 aliphatic carbocycles. The maximum absolute atomic E-state index is 14.5. The molecule has 0 fully saturated rings. The summed E-state index contributed by atoms with van der Waals surface area (Å²) in [4.78, 5) is 8.65. The summed E-state index contributed by atoms with van der Waals surface area (Å²) in [7, 11) is 0. The van der Waals surface area contributed by atoms with E-state index in [2.05, 4.69) is 16.9 Å². The first-order valence-corrected chi connectivity index (χ1v) is 9.67. The van der Waals surface area contributed by atoms with Crippen molar-refractivity contribution in [1.29, 1.82) is 0 Å². The zero-order valence-electron chi connectivity index (χ0n) is 16.5. The number of ether oxygens (including phenoxy) is 1. The number of aromatic nitrogens is 2. The monoisotopic (exact) mass is 400 g/mol. The van der Waals surface area contributed by atoms with Crippen LogP contribution >= 0.6 is 0 Å². The highest BCUT2D eigenvalue weighted by atomic mass is 19.2. The summed E-state index contributed by atoms with van der Waals surface area (Å²) in [5.41, 5.74) is 1.65. The van der Waals surface area contributed by atoms with Crippen molar-refractivity contribution in [3.63, 3.8) is 0 Å². The van der Waals surface area contributed by atoms with E-state index < -0.39 is 17.5 Å². The molecule has 3 nitrogen and oxygen atoms in total. The van der Waals surface area contributed by atoms with Gasteiger partial charge in [-0.05, 0) is 43.7 Å². The second kappa shape index (κ2) is 9.54. The van der Waals surface area contributed by atoms with Gasteiger partial charge in [-0.3, -0.25) is 0 Å². The van der Waals surface area contributed by atoms with Gasteiger partial charge in [0.1, 0.15) is 18.2 Å². The number of aryl methyl sites for hydroxylation is 2. The quantitative estimate of drug-likeness (QED) is 0.424. The van der Waals surface area contributed by atoms with Crippen LogP contribution in [0.4, 0.5) is 13.2 Å². The average molecular weight is 400 g/mol. The molecule has 6 heteroatoms. The minimum absolute atomic E-state index is 0.0793. The summed E-state index contributed by atoms with van der Waals surface area (Å²) < 4.78 is 48.3. The van der Waals surface area contributed by atoms with Crippen LogP contribution in [0.25, 0.3) is 11.1 Å². The lowest BCUT2D eigenvalue weighted by molar-refractivity contribution is 0.281. The summed E-state index contributed by atoms with van der Waals surface area (Å²) in [6.45, 7) is 3.84. The first-order chi connectivity index (χ1) is 14.0. The van der Waals surface area contributed by atoms with Gasteiger partial charge in [0.2, 0.25) is 5.82 Å². The van der Waals surface area contributed by atoms with Crippen molar-refractivity contribution in [2.24, 2.45) is 0 Å². The molecule has 0 radical (unpaired) electrons. The molecule has 2 aromatic carbocycles. The van der Waals surface area contributed by atoms with Crippen LogP contribution in [0.1, 0.15) is 43.3 Å². The molecule has 3 aromatic rings. The number of hydrogen-bond donors (Lipinski definition) is 0. The molecular formula is C23H23F3N2O. The molecule has 0 N–H and O–H groups in total. The third kappa shape index (κ3) is 5.13. The Balaban J connectivity index is 1.87. The van der Waals surface area contributed by atoms with Crippen molar-refractivity contribution < 1.29 is 17.9 Å². The van der Waals surface area contributed by atoms with Crippen molar-refractivity contribution in [2.45, 2.75) is 46.1 Å². The highest BCUT2D eigenvalue weighted by Crippen LogP contribution is 2.36. The second-order valence-corrected chi connectivity index (χ2v) is 6.93. The van der Waals surface area contributed by atoms with Gasteiger partial charge < -0.3 is 4.74 Å². The predicted octanol–water partition coefficient (Wildman–Crippen LogP) is 6.18. The topological polar surface area (TPSA) is 35.0 Å². The Morgan fingerprint density at radius 2 is 1.72 bits per heavy atom. The molecule has 0 amide bonds. The molecule has 3 rings (SSSR count). The normalized spacial score (nSPS) is 10.9. The molecule has 1 heterocycles. The molecule has 0 unspecified atom stereocenters. The van der Waals surface area contributed by atoms with E-state index in [4.69, 9.17) is 4.74 Å². The Bertz CT molecular complexity index is 992. The van der Waals surface area contributed by atoms with Gasteiger partial charge in [0.25, 0.3) is 0 Å². The Morgan fingerprint density at radius 1 is 0.931 bits per heavy atom. The molecule has 0 aliphatic heterocycles. The third-order valence-corrected chi connectivity index (χ3v) is 4.59. The van der Waals surface area contributed by atoms with Crippen LogP contribution in [-0.2, 0) is 13.0 Å². The standard InChI is InChI=1S/C23H23F3N2O/c1-3-4-5-6-21-27-12-11-16(28-21)14-29-23-17(8-10-20(25)22(23)26)18-13-15(2)7-9-19(18)24/h7-13H,3-6,14H2,1-2H3. The lowest BCUT2D eigenvalue weighted by Crippen LogP contribution is -2.05. The SMILES string of the molecule is CCCCCc1nccc(COc2c(-c3cc(C)ccc3F)ccc(F)c2F)n1. The molecule has 152 valence electrons. The third-order valence-electron chi connectivity index (χ3n) is 4.59. The first-order valence-electron chi connectivity index (χ1n) is 9.67. The van der Waals surface area contributed by atoms with Gasteiger partial charge in [0.05, 0.1) is 5.69 Å². The van der Waals surface area contributed by atoms with Crippen LogP contribution in [0.5, 0.6) is 5.75 Å². The fraction of sp³-hybridized carbons (Fsp3) is 0.304. The van der Waals surface area contributed by atoms with Gasteiger partial charge >= 0.3 is 0 Å². The minimum Gasteiger partial charge on any atom is -0.483 e. The predicted molar refractivity (Wildman–Crippen MR) is 106 cm³/mol. The van der Waals surface area contributed by atoms with Crippen LogP contribution in [0.3, 0.4) is 0 Å². The largest absolute Gasteiger partial charge is 0.483 e. The maximum Gasteiger partial charge on any atom is 0.201 e. The number of unbranched alkanes of at least 4 members (excludes halogenated alkanes) is 2. The highest BCUT2D eigenvalue weighted by molar-refractivity contribution is 5.72. The van der Waals surface area contributed by atoms with E-state index in [9.17, 15) is 13.2 Å². The fourth-order valence-electron chi connectivity index (χ4n) is 3.05. The van der Waals surface area contributed by atoms with Gasteiger partial charge in [0, 0.05) is 23.7 Å². The molecular weight excluding hydrogens is 377 g/mol. The molecule has 0 spiro atoms. The average Bonchev–Trinajstić information content (AvgIpc) is 2.71. The van der Waals surface area contributed by atoms with E-state index >= 15 is 0 Å². The first kappa shape index (κ1) is 20.8. The summed E-state index contributed by atoms with van der Waals surface area (Å²) in [6, 6.07) is 8.43. The van der Waals surface area contributed by atoms with Crippen molar-refractivity contribution >= 4 is 0 Å². The van der Waals surface area contributed by atoms with E-state index in [1.807, 2.05) is 0 Å². The molecule has 0 bridgehead atoms. The van der Waals surface area contributed by atoms with Crippen molar-refractivity contribution in [3.05, 3.63) is 77.1 Å². The van der Waals surface area contributed by atoms with Crippen LogP contribution < -0.4 is 4.74 Å². The van der Waals surface area contributed by atoms with Crippen LogP contribution in [0.2, 0.25) is 0 Å². The Hall–Kier alpha value is -2.89. The number of rotatable bonds is 8. The summed E-state index contributed by atoms with van der Waals surface area (Å²) >= 11 is 0. The lowest BCUT2D eigenvalue weighted by Gasteiger charge is -2.14. The maximum atomic E-state index is 14.5. The molecule has 29 heavy (non-hydrogen) atoms. The molecule has 0 saturated heterocycles.